The van der Waals surface area contributed by atoms with E-state index >= 15 is 0 Å². The van der Waals surface area contributed by atoms with E-state index < -0.39 is 8.32 Å². The smallest absolute Gasteiger partial charge is 0.261 e. The van der Waals surface area contributed by atoms with E-state index in [0.717, 1.165) is 32.5 Å². The number of hydrogen-bond acceptors (Lipinski definition) is 5. The lowest BCUT2D eigenvalue weighted by molar-refractivity contribution is -0.116. The van der Waals surface area contributed by atoms with Crippen molar-refractivity contribution in [2.75, 3.05) is 11.9 Å². The third-order valence-corrected chi connectivity index (χ3v) is 12.5. The molecule has 1 aromatic heterocycles. The fraction of sp³-hybridized carbons (Fsp3) is 0.290. The molecule has 4 aromatic rings. The van der Waals surface area contributed by atoms with Crippen molar-refractivity contribution in [2.45, 2.75) is 51.9 Å². The van der Waals surface area contributed by atoms with Crippen molar-refractivity contribution in [3.63, 3.8) is 0 Å². The van der Waals surface area contributed by atoms with Gasteiger partial charge in [0.25, 0.3) is 11.8 Å². The van der Waals surface area contributed by atoms with E-state index in [1.165, 1.54) is 0 Å². The van der Waals surface area contributed by atoms with Gasteiger partial charge in [-0.1, -0.05) is 57.2 Å². The third kappa shape index (κ3) is 5.22. The van der Waals surface area contributed by atoms with E-state index in [4.69, 9.17) is 4.43 Å². The van der Waals surface area contributed by atoms with Gasteiger partial charge in [0.2, 0.25) is 5.91 Å². The lowest BCUT2D eigenvalue weighted by Gasteiger charge is -2.36. The number of imide groups is 1. The summed E-state index contributed by atoms with van der Waals surface area (Å²) in [5.74, 6) is -1.03. The lowest BCUT2D eigenvalue weighted by Crippen LogP contribution is -2.40. The molecule has 0 spiro atoms. The van der Waals surface area contributed by atoms with Crippen molar-refractivity contribution >= 4 is 42.6 Å². The predicted molar refractivity (Wildman–Crippen MR) is 159 cm³/mol. The number of hydrogen-bond donors (Lipinski definition) is 2. The first-order valence-electron chi connectivity index (χ1n) is 13.4. The standard InChI is InChI=1S/C31H34N4O4Si/c1-31(2,3)40(4,5)39-19-20-10-6-7-11-22(20)25-16-21(17-27-26(25)18-32-34-27)33-28(36)14-15-35-29(37)23-12-8-9-13-24(23)30(35)38/h6-13,16-18H,14-15,19H2,1-5H3,(H,32,34)(H,33,36). The van der Waals surface area contributed by atoms with Crippen molar-refractivity contribution in [3.8, 4) is 11.1 Å². The van der Waals surface area contributed by atoms with Gasteiger partial charge in [0.05, 0.1) is 29.4 Å². The Morgan fingerprint density at radius 2 is 1.57 bits per heavy atom. The average molecular weight is 555 g/mol. The van der Waals surface area contributed by atoms with Crippen LogP contribution in [-0.4, -0.2) is 47.7 Å². The number of nitrogens with one attached hydrogen (secondary N) is 2. The molecule has 9 heteroatoms. The number of benzene rings is 3. The zero-order valence-corrected chi connectivity index (χ0v) is 24.5. The monoisotopic (exact) mass is 554 g/mol. The average Bonchev–Trinajstić information content (AvgIpc) is 3.48. The third-order valence-electron chi connectivity index (χ3n) is 7.99. The number of anilines is 1. The van der Waals surface area contributed by atoms with Crippen LogP contribution in [0.2, 0.25) is 18.1 Å². The SMILES string of the molecule is CC(C)(C)[Si](C)(C)OCc1ccccc1-c1cc(NC(=O)CCN2C(=O)c3ccccc3C2=O)cc2[nH]ncc12. The van der Waals surface area contributed by atoms with E-state index in [0.29, 0.717) is 23.4 Å². The molecule has 3 aromatic carbocycles. The van der Waals surface area contributed by atoms with E-state index in [2.05, 4.69) is 61.5 Å². The molecule has 40 heavy (non-hydrogen) atoms. The van der Waals surface area contributed by atoms with Crippen LogP contribution in [0.4, 0.5) is 5.69 Å². The van der Waals surface area contributed by atoms with Gasteiger partial charge in [0.15, 0.2) is 8.32 Å². The maximum Gasteiger partial charge on any atom is 0.261 e. The fourth-order valence-corrected chi connectivity index (χ4v) is 5.56. The van der Waals surface area contributed by atoms with Gasteiger partial charge in [0, 0.05) is 24.0 Å². The van der Waals surface area contributed by atoms with Crippen molar-refractivity contribution < 1.29 is 18.8 Å². The summed E-state index contributed by atoms with van der Waals surface area (Å²) >= 11 is 0. The van der Waals surface area contributed by atoms with E-state index in [-0.39, 0.29) is 35.7 Å². The second-order valence-corrected chi connectivity index (χ2v) is 16.5. The van der Waals surface area contributed by atoms with Gasteiger partial charge in [0.1, 0.15) is 0 Å². The number of rotatable bonds is 8. The van der Waals surface area contributed by atoms with Gasteiger partial charge in [-0.3, -0.25) is 24.4 Å². The summed E-state index contributed by atoms with van der Waals surface area (Å²) in [6.45, 7) is 11.6. The largest absolute Gasteiger partial charge is 0.413 e. The fourth-order valence-electron chi connectivity index (χ4n) is 4.61. The Kier molecular flexibility index (Phi) is 7.20. The topological polar surface area (TPSA) is 104 Å². The van der Waals surface area contributed by atoms with E-state index in [1.54, 1.807) is 30.5 Å². The number of amides is 3. The molecule has 0 aliphatic carbocycles. The van der Waals surface area contributed by atoms with Crippen molar-refractivity contribution in [2.24, 2.45) is 0 Å². The highest BCUT2D eigenvalue weighted by Crippen LogP contribution is 2.39. The molecule has 3 amide bonds. The van der Waals surface area contributed by atoms with Crippen LogP contribution in [0.25, 0.3) is 22.0 Å². The number of aromatic amines is 1. The Labute approximate surface area is 234 Å². The van der Waals surface area contributed by atoms with Crippen molar-refractivity contribution in [1.82, 2.24) is 15.1 Å². The summed E-state index contributed by atoms with van der Waals surface area (Å²) < 4.78 is 6.54. The first kappa shape index (κ1) is 27.5. The van der Waals surface area contributed by atoms with Gasteiger partial charge in [-0.2, -0.15) is 5.10 Å². The van der Waals surface area contributed by atoms with Crippen LogP contribution in [0.3, 0.4) is 0 Å². The highest BCUT2D eigenvalue weighted by atomic mass is 28.4. The molecule has 1 aliphatic rings. The Morgan fingerprint density at radius 3 is 2.23 bits per heavy atom. The highest BCUT2D eigenvalue weighted by molar-refractivity contribution is 6.74. The van der Waals surface area contributed by atoms with Crippen LogP contribution in [0, 0.1) is 0 Å². The first-order valence-corrected chi connectivity index (χ1v) is 16.3. The molecule has 1 aliphatic heterocycles. The molecule has 0 radical (unpaired) electrons. The number of aromatic nitrogens is 2. The quantitative estimate of drug-likeness (QED) is 0.194. The van der Waals surface area contributed by atoms with Crippen LogP contribution in [-0.2, 0) is 15.8 Å². The van der Waals surface area contributed by atoms with Gasteiger partial charge >= 0.3 is 0 Å². The summed E-state index contributed by atoms with van der Waals surface area (Å²) in [5.41, 5.74) is 5.12. The molecule has 2 heterocycles. The molecule has 0 saturated heterocycles. The molecule has 5 rings (SSSR count). The van der Waals surface area contributed by atoms with Gasteiger partial charge in [-0.25, -0.2) is 0 Å². The van der Waals surface area contributed by atoms with Crippen LogP contribution < -0.4 is 5.32 Å². The summed E-state index contributed by atoms with van der Waals surface area (Å²) in [7, 11) is -1.96. The Balaban J connectivity index is 1.35. The minimum atomic E-state index is -1.96. The molecular weight excluding hydrogens is 520 g/mol. The Morgan fingerprint density at radius 1 is 0.950 bits per heavy atom. The summed E-state index contributed by atoms with van der Waals surface area (Å²) in [6.07, 6.45) is 1.77. The second-order valence-electron chi connectivity index (χ2n) is 11.7. The molecule has 0 bridgehead atoms. The van der Waals surface area contributed by atoms with Crippen LogP contribution in [0.1, 0.15) is 53.5 Å². The maximum absolute atomic E-state index is 12.9. The molecule has 0 atom stereocenters. The number of nitrogens with zero attached hydrogens (tertiary/aromatic N) is 2. The van der Waals surface area contributed by atoms with Crippen molar-refractivity contribution in [3.05, 3.63) is 83.6 Å². The molecule has 0 saturated carbocycles. The number of carbonyl (C=O) groups excluding carboxylic acids is 3. The first-order chi connectivity index (χ1) is 19.0. The van der Waals surface area contributed by atoms with Gasteiger partial charge in [-0.05, 0) is 59.1 Å². The molecule has 206 valence electrons. The minimum absolute atomic E-state index is 0.00492. The Bertz CT molecular complexity index is 1580. The Hall–Kier alpha value is -4.08. The van der Waals surface area contributed by atoms with Gasteiger partial charge in [-0.15, -0.1) is 0 Å². The number of fused-ring (bicyclic) bond motifs is 2. The molecule has 8 nitrogen and oxygen atoms in total. The number of H-pyrrole nitrogens is 1. The summed E-state index contributed by atoms with van der Waals surface area (Å²) in [4.78, 5) is 39.4. The zero-order chi connectivity index (χ0) is 28.7. The highest BCUT2D eigenvalue weighted by Gasteiger charge is 2.37. The molecule has 0 fully saturated rings. The molecule has 0 unspecified atom stereocenters. The maximum atomic E-state index is 12.9. The van der Waals surface area contributed by atoms with E-state index in [1.807, 2.05) is 24.3 Å². The summed E-state index contributed by atoms with van der Waals surface area (Å²) in [6, 6.07) is 18.6. The number of carbonyl (C=O) groups is 3. The van der Waals surface area contributed by atoms with Crippen LogP contribution in [0.15, 0.2) is 66.9 Å². The normalized spacial score (nSPS) is 13.7. The van der Waals surface area contributed by atoms with Crippen LogP contribution in [0.5, 0.6) is 0 Å². The van der Waals surface area contributed by atoms with E-state index in [9.17, 15) is 14.4 Å². The lowest BCUT2D eigenvalue weighted by atomic mass is 9.96. The second kappa shape index (κ2) is 10.5. The van der Waals surface area contributed by atoms with Gasteiger partial charge < -0.3 is 9.74 Å². The van der Waals surface area contributed by atoms with Crippen LogP contribution >= 0.6 is 0 Å². The zero-order valence-electron chi connectivity index (χ0n) is 23.5. The predicted octanol–water partition coefficient (Wildman–Crippen LogP) is 6.38. The molecule has 2 N–H and O–H groups in total. The minimum Gasteiger partial charge on any atom is -0.413 e. The molecular formula is C31H34N4O4Si. The summed E-state index contributed by atoms with van der Waals surface area (Å²) in [5, 5.41) is 11.2. The van der Waals surface area contributed by atoms with Crippen molar-refractivity contribution in [1.29, 1.82) is 0 Å².